The normalized spacial score (nSPS) is 19.8. The van der Waals surface area contributed by atoms with Crippen molar-refractivity contribution in [1.29, 1.82) is 0 Å². The molecule has 1 fully saturated rings. The van der Waals surface area contributed by atoms with Gasteiger partial charge in [0.05, 0.1) is 0 Å². The molecular weight excluding hydrogens is 166 g/mol. The maximum absolute atomic E-state index is 4.18. The summed E-state index contributed by atoms with van der Waals surface area (Å²) in [6.07, 6.45) is 8.49. The lowest BCUT2D eigenvalue weighted by Crippen LogP contribution is -2.25. The second-order valence-electron chi connectivity index (χ2n) is 3.79. The summed E-state index contributed by atoms with van der Waals surface area (Å²) in [5.41, 5.74) is 0. The van der Waals surface area contributed by atoms with Crippen molar-refractivity contribution in [2.45, 2.75) is 38.5 Å². The van der Waals surface area contributed by atoms with Crippen LogP contribution in [0.25, 0.3) is 0 Å². The van der Waals surface area contributed by atoms with Gasteiger partial charge in [-0.3, -0.25) is 0 Å². The Hall–Kier alpha value is 0.310. The SMILES string of the molecule is SCCCNCC1CCCCC1. The molecule has 12 heavy (non-hydrogen) atoms. The summed E-state index contributed by atoms with van der Waals surface area (Å²) in [7, 11) is 0. The second kappa shape index (κ2) is 6.79. The van der Waals surface area contributed by atoms with Crippen molar-refractivity contribution in [3.8, 4) is 0 Å². The molecule has 0 aromatic rings. The van der Waals surface area contributed by atoms with Gasteiger partial charge in [0.2, 0.25) is 0 Å². The summed E-state index contributed by atoms with van der Waals surface area (Å²) in [4.78, 5) is 0. The molecule has 2 heteroatoms. The van der Waals surface area contributed by atoms with E-state index in [-0.39, 0.29) is 0 Å². The van der Waals surface area contributed by atoms with Crippen LogP contribution in [-0.4, -0.2) is 18.8 Å². The summed E-state index contributed by atoms with van der Waals surface area (Å²) < 4.78 is 0. The molecule has 0 bridgehead atoms. The first-order valence-corrected chi connectivity index (χ1v) is 5.88. The average Bonchev–Trinajstić information content (AvgIpc) is 2.14. The van der Waals surface area contributed by atoms with Crippen LogP contribution in [0.2, 0.25) is 0 Å². The Bertz CT molecular complexity index is 100. The Morgan fingerprint density at radius 3 is 2.58 bits per heavy atom. The zero-order valence-corrected chi connectivity index (χ0v) is 8.78. The molecule has 0 saturated heterocycles. The van der Waals surface area contributed by atoms with E-state index in [0.717, 1.165) is 18.2 Å². The quantitative estimate of drug-likeness (QED) is 0.498. The van der Waals surface area contributed by atoms with E-state index in [4.69, 9.17) is 0 Å². The third-order valence-electron chi connectivity index (χ3n) is 2.67. The Morgan fingerprint density at radius 1 is 1.17 bits per heavy atom. The Balaban J connectivity index is 1.91. The average molecular weight is 187 g/mol. The first kappa shape index (κ1) is 10.4. The van der Waals surface area contributed by atoms with Crippen LogP contribution >= 0.6 is 12.6 Å². The molecule has 0 unspecified atom stereocenters. The van der Waals surface area contributed by atoms with Crippen LogP contribution < -0.4 is 5.32 Å². The molecule has 1 rings (SSSR count). The molecule has 0 amide bonds. The van der Waals surface area contributed by atoms with Gasteiger partial charge in [-0.25, -0.2) is 0 Å². The fourth-order valence-corrected chi connectivity index (χ4v) is 2.06. The van der Waals surface area contributed by atoms with E-state index in [1.54, 1.807) is 0 Å². The predicted octanol–water partition coefficient (Wildman–Crippen LogP) is 2.48. The van der Waals surface area contributed by atoms with Crippen LogP contribution in [0.4, 0.5) is 0 Å². The van der Waals surface area contributed by atoms with E-state index in [0.29, 0.717) is 0 Å². The molecule has 0 aromatic carbocycles. The topological polar surface area (TPSA) is 12.0 Å². The highest BCUT2D eigenvalue weighted by atomic mass is 32.1. The highest BCUT2D eigenvalue weighted by Crippen LogP contribution is 2.22. The van der Waals surface area contributed by atoms with Crippen molar-refractivity contribution in [1.82, 2.24) is 5.32 Å². The molecule has 0 aliphatic heterocycles. The number of nitrogens with one attached hydrogen (secondary N) is 1. The lowest BCUT2D eigenvalue weighted by molar-refractivity contribution is 0.343. The second-order valence-corrected chi connectivity index (χ2v) is 4.23. The van der Waals surface area contributed by atoms with Crippen molar-refractivity contribution in [3.05, 3.63) is 0 Å². The van der Waals surface area contributed by atoms with Crippen molar-refractivity contribution in [2.75, 3.05) is 18.8 Å². The minimum atomic E-state index is 0.971. The van der Waals surface area contributed by atoms with E-state index < -0.39 is 0 Å². The van der Waals surface area contributed by atoms with Gasteiger partial charge >= 0.3 is 0 Å². The van der Waals surface area contributed by atoms with Gasteiger partial charge in [-0.2, -0.15) is 12.6 Å². The van der Waals surface area contributed by atoms with Gasteiger partial charge in [-0.1, -0.05) is 19.3 Å². The van der Waals surface area contributed by atoms with Crippen molar-refractivity contribution < 1.29 is 0 Å². The number of thiol groups is 1. The maximum Gasteiger partial charge on any atom is -0.00205 e. The van der Waals surface area contributed by atoms with Crippen molar-refractivity contribution in [2.24, 2.45) is 5.92 Å². The minimum absolute atomic E-state index is 0.971. The highest BCUT2D eigenvalue weighted by molar-refractivity contribution is 7.80. The fraction of sp³-hybridized carbons (Fsp3) is 1.00. The van der Waals surface area contributed by atoms with Crippen LogP contribution in [0.15, 0.2) is 0 Å². The summed E-state index contributed by atoms with van der Waals surface area (Å²) in [5, 5.41) is 3.51. The van der Waals surface area contributed by atoms with Crippen LogP contribution in [0.5, 0.6) is 0 Å². The molecule has 1 aliphatic rings. The molecular formula is C10H21NS. The number of hydrogen-bond acceptors (Lipinski definition) is 2. The molecule has 0 atom stereocenters. The van der Waals surface area contributed by atoms with Crippen molar-refractivity contribution in [3.63, 3.8) is 0 Å². The number of rotatable bonds is 5. The Labute approximate surface area is 81.7 Å². The van der Waals surface area contributed by atoms with Crippen LogP contribution in [0, 0.1) is 5.92 Å². The van der Waals surface area contributed by atoms with Gasteiger partial charge in [0.1, 0.15) is 0 Å². The van der Waals surface area contributed by atoms with Gasteiger partial charge in [-0.05, 0) is 44.0 Å². The summed E-state index contributed by atoms with van der Waals surface area (Å²) in [6, 6.07) is 0. The first-order valence-electron chi connectivity index (χ1n) is 5.25. The Kier molecular flexibility index (Phi) is 5.88. The molecule has 1 nitrogen and oxygen atoms in total. The fourth-order valence-electron chi connectivity index (χ4n) is 1.90. The van der Waals surface area contributed by atoms with Gasteiger partial charge < -0.3 is 5.32 Å². The molecule has 1 aliphatic carbocycles. The van der Waals surface area contributed by atoms with E-state index >= 15 is 0 Å². The zero-order valence-electron chi connectivity index (χ0n) is 7.89. The van der Waals surface area contributed by atoms with Gasteiger partial charge in [-0.15, -0.1) is 0 Å². The van der Waals surface area contributed by atoms with Gasteiger partial charge in [0.15, 0.2) is 0 Å². The monoisotopic (exact) mass is 187 g/mol. The van der Waals surface area contributed by atoms with E-state index in [1.807, 2.05) is 0 Å². The smallest absolute Gasteiger partial charge is 0.00205 e. The molecule has 0 aromatic heterocycles. The summed E-state index contributed by atoms with van der Waals surface area (Å²) >= 11 is 4.18. The van der Waals surface area contributed by atoms with Crippen LogP contribution in [-0.2, 0) is 0 Å². The zero-order chi connectivity index (χ0) is 8.65. The van der Waals surface area contributed by atoms with Gasteiger partial charge in [0.25, 0.3) is 0 Å². The molecule has 72 valence electrons. The molecule has 0 spiro atoms. The maximum atomic E-state index is 4.18. The largest absolute Gasteiger partial charge is 0.316 e. The van der Waals surface area contributed by atoms with E-state index in [1.165, 1.54) is 45.1 Å². The molecule has 1 N–H and O–H groups in total. The summed E-state index contributed by atoms with van der Waals surface area (Å²) in [6.45, 7) is 2.40. The lowest BCUT2D eigenvalue weighted by atomic mass is 9.89. The Morgan fingerprint density at radius 2 is 1.92 bits per heavy atom. The first-order chi connectivity index (χ1) is 5.93. The van der Waals surface area contributed by atoms with E-state index in [9.17, 15) is 0 Å². The lowest BCUT2D eigenvalue weighted by Gasteiger charge is -2.21. The van der Waals surface area contributed by atoms with Crippen LogP contribution in [0.3, 0.4) is 0 Å². The highest BCUT2D eigenvalue weighted by Gasteiger charge is 2.11. The molecule has 0 heterocycles. The van der Waals surface area contributed by atoms with Crippen LogP contribution in [0.1, 0.15) is 38.5 Å². The standard InChI is InChI=1S/C10H21NS/c12-8-4-7-11-9-10-5-2-1-3-6-10/h10-12H,1-9H2. The third-order valence-corrected chi connectivity index (χ3v) is 2.99. The number of hydrogen-bond donors (Lipinski definition) is 2. The van der Waals surface area contributed by atoms with E-state index in [2.05, 4.69) is 17.9 Å². The summed E-state index contributed by atoms with van der Waals surface area (Å²) in [5.74, 6) is 1.98. The third kappa shape index (κ3) is 4.36. The van der Waals surface area contributed by atoms with Crippen molar-refractivity contribution >= 4 is 12.6 Å². The predicted molar refractivity (Wildman–Crippen MR) is 57.9 cm³/mol. The van der Waals surface area contributed by atoms with Gasteiger partial charge in [0, 0.05) is 0 Å². The molecule has 0 radical (unpaired) electrons. The molecule has 1 saturated carbocycles. The minimum Gasteiger partial charge on any atom is -0.316 e.